The molecule has 2 rings (SSSR count). The number of hydrogen-bond acceptors (Lipinski definition) is 4. The predicted molar refractivity (Wildman–Crippen MR) is 105 cm³/mol. The summed E-state index contributed by atoms with van der Waals surface area (Å²) < 4.78 is 27.1. The van der Waals surface area contributed by atoms with Crippen LogP contribution in [0.5, 0.6) is 0 Å². The Hall–Kier alpha value is -1.93. The Morgan fingerprint density at radius 2 is 1.56 bits per heavy atom. The van der Waals surface area contributed by atoms with Gasteiger partial charge in [0.1, 0.15) is 6.04 Å². The van der Waals surface area contributed by atoms with E-state index >= 15 is 0 Å². The molecule has 0 spiro atoms. The summed E-state index contributed by atoms with van der Waals surface area (Å²) in [6.07, 6.45) is 3.88. The summed E-state index contributed by atoms with van der Waals surface area (Å²) in [6, 6.07) is 5.53. The Balaban J connectivity index is 2.09. The lowest BCUT2D eigenvalue weighted by Crippen LogP contribution is -2.46. The van der Waals surface area contributed by atoms with E-state index < -0.39 is 16.1 Å². The van der Waals surface area contributed by atoms with Crippen LogP contribution < -0.4 is 10.6 Å². The Morgan fingerprint density at radius 1 is 1.00 bits per heavy atom. The second-order valence-corrected chi connectivity index (χ2v) is 9.19. The Morgan fingerprint density at radius 3 is 2.04 bits per heavy atom. The largest absolute Gasteiger partial charge is 0.344 e. The highest BCUT2D eigenvalue weighted by Gasteiger charge is 2.26. The van der Waals surface area contributed by atoms with Crippen molar-refractivity contribution < 1.29 is 18.0 Å². The molecule has 2 N–H and O–H groups in total. The Kier molecular flexibility index (Phi) is 7.38. The summed E-state index contributed by atoms with van der Waals surface area (Å²) in [6.45, 7) is 6.15. The number of anilines is 1. The van der Waals surface area contributed by atoms with Crippen LogP contribution >= 0.6 is 0 Å². The monoisotopic (exact) mass is 395 g/mol. The molecule has 150 valence electrons. The van der Waals surface area contributed by atoms with Crippen molar-refractivity contribution in [2.75, 3.05) is 18.4 Å². The molecule has 1 fully saturated rings. The minimum absolute atomic E-state index is 0.0726. The molecular formula is C19H29N3O4S. The highest BCUT2D eigenvalue weighted by Crippen LogP contribution is 2.22. The summed E-state index contributed by atoms with van der Waals surface area (Å²) in [5.41, 5.74) is 0.491. The van der Waals surface area contributed by atoms with Crippen LogP contribution in [0.1, 0.15) is 46.5 Å². The topological polar surface area (TPSA) is 95.6 Å². The number of carbonyl (C=O) groups is 2. The van der Waals surface area contributed by atoms with Gasteiger partial charge in [-0.3, -0.25) is 9.59 Å². The molecule has 0 bridgehead atoms. The molecule has 1 aliphatic rings. The molecule has 1 aliphatic heterocycles. The van der Waals surface area contributed by atoms with Crippen LogP contribution in [0.4, 0.5) is 5.69 Å². The third-order valence-corrected chi connectivity index (χ3v) is 6.55. The van der Waals surface area contributed by atoms with Crippen molar-refractivity contribution in [2.45, 2.75) is 57.4 Å². The molecule has 8 heteroatoms. The van der Waals surface area contributed by atoms with Gasteiger partial charge in [-0.2, -0.15) is 4.31 Å². The van der Waals surface area contributed by atoms with Gasteiger partial charge in [-0.15, -0.1) is 0 Å². The van der Waals surface area contributed by atoms with Gasteiger partial charge >= 0.3 is 0 Å². The van der Waals surface area contributed by atoms with Crippen molar-refractivity contribution in [3.05, 3.63) is 24.3 Å². The van der Waals surface area contributed by atoms with Gasteiger partial charge in [0.25, 0.3) is 0 Å². The van der Waals surface area contributed by atoms with E-state index in [0.717, 1.165) is 25.7 Å². The van der Waals surface area contributed by atoms with Gasteiger partial charge in [-0.25, -0.2) is 8.42 Å². The van der Waals surface area contributed by atoms with Crippen LogP contribution in [-0.2, 0) is 19.6 Å². The summed E-state index contributed by atoms with van der Waals surface area (Å²) in [5, 5.41) is 5.37. The van der Waals surface area contributed by atoms with Gasteiger partial charge in [-0.1, -0.05) is 26.7 Å². The molecule has 1 unspecified atom stereocenters. The SMILES string of the molecule is CC(=O)NC(C(=O)Nc1ccc(S(=O)(=O)N2CCCCCC2)cc1)C(C)C. The van der Waals surface area contributed by atoms with E-state index in [1.165, 1.54) is 19.1 Å². The number of nitrogens with one attached hydrogen (secondary N) is 2. The number of hydrogen-bond donors (Lipinski definition) is 2. The van der Waals surface area contributed by atoms with Gasteiger partial charge in [0.05, 0.1) is 4.90 Å². The molecule has 0 aliphatic carbocycles. The fourth-order valence-corrected chi connectivity index (χ4v) is 4.63. The maximum Gasteiger partial charge on any atom is 0.247 e. The van der Waals surface area contributed by atoms with Crippen LogP contribution in [0.15, 0.2) is 29.2 Å². The number of rotatable bonds is 6. The van der Waals surface area contributed by atoms with Gasteiger partial charge in [-0.05, 0) is 43.0 Å². The van der Waals surface area contributed by atoms with E-state index in [9.17, 15) is 18.0 Å². The first-order valence-electron chi connectivity index (χ1n) is 9.40. The van der Waals surface area contributed by atoms with Crippen molar-refractivity contribution >= 4 is 27.5 Å². The summed E-state index contributed by atoms with van der Waals surface area (Å²) in [5.74, 6) is -0.678. The number of amides is 2. The minimum atomic E-state index is -3.51. The quantitative estimate of drug-likeness (QED) is 0.773. The average molecular weight is 396 g/mol. The molecule has 27 heavy (non-hydrogen) atoms. The van der Waals surface area contributed by atoms with Gasteiger partial charge in [0.2, 0.25) is 21.8 Å². The molecule has 0 radical (unpaired) electrons. The van der Waals surface area contributed by atoms with E-state index in [1.54, 1.807) is 16.4 Å². The van der Waals surface area contributed by atoms with Gasteiger partial charge in [0, 0.05) is 25.7 Å². The lowest BCUT2D eigenvalue weighted by molar-refractivity contribution is -0.126. The lowest BCUT2D eigenvalue weighted by Gasteiger charge is -2.21. The Labute approximate surface area is 161 Å². The molecule has 2 amide bonds. The van der Waals surface area contributed by atoms with E-state index in [4.69, 9.17) is 0 Å². The molecule has 1 atom stereocenters. The van der Waals surface area contributed by atoms with Crippen molar-refractivity contribution in [3.63, 3.8) is 0 Å². The number of carbonyl (C=O) groups excluding carboxylic acids is 2. The van der Waals surface area contributed by atoms with E-state index in [1.807, 2.05) is 13.8 Å². The van der Waals surface area contributed by atoms with Crippen LogP contribution in [0.25, 0.3) is 0 Å². The summed E-state index contributed by atoms with van der Waals surface area (Å²) >= 11 is 0. The zero-order valence-electron chi connectivity index (χ0n) is 16.2. The highest BCUT2D eigenvalue weighted by molar-refractivity contribution is 7.89. The highest BCUT2D eigenvalue weighted by atomic mass is 32.2. The zero-order valence-corrected chi connectivity index (χ0v) is 17.0. The van der Waals surface area contributed by atoms with Gasteiger partial charge < -0.3 is 10.6 Å². The first-order valence-corrected chi connectivity index (χ1v) is 10.8. The second kappa shape index (κ2) is 9.32. The first kappa shape index (κ1) is 21.4. The molecule has 0 aromatic heterocycles. The normalized spacial score (nSPS) is 17.2. The predicted octanol–water partition coefficient (Wildman–Crippen LogP) is 2.35. The zero-order chi connectivity index (χ0) is 20.0. The molecular weight excluding hydrogens is 366 g/mol. The second-order valence-electron chi connectivity index (χ2n) is 7.25. The van der Waals surface area contributed by atoms with Crippen LogP contribution in [0, 0.1) is 5.92 Å². The maximum atomic E-state index is 12.8. The van der Waals surface area contributed by atoms with Crippen LogP contribution in [-0.4, -0.2) is 43.7 Å². The molecule has 7 nitrogen and oxygen atoms in total. The van der Waals surface area contributed by atoms with E-state index in [-0.39, 0.29) is 22.6 Å². The molecule has 1 aromatic carbocycles. The number of benzene rings is 1. The average Bonchev–Trinajstić information content (AvgIpc) is 2.89. The standard InChI is InChI=1S/C19H29N3O4S/c1-14(2)18(20-15(3)23)19(24)21-16-8-10-17(11-9-16)27(25,26)22-12-6-4-5-7-13-22/h8-11,14,18H,4-7,12-13H2,1-3H3,(H,20,23)(H,21,24). The van der Waals surface area contributed by atoms with Crippen LogP contribution in [0.2, 0.25) is 0 Å². The van der Waals surface area contributed by atoms with Crippen LogP contribution in [0.3, 0.4) is 0 Å². The van der Waals surface area contributed by atoms with Gasteiger partial charge in [0.15, 0.2) is 0 Å². The first-order chi connectivity index (χ1) is 12.7. The molecule has 1 aromatic rings. The fraction of sp³-hybridized carbons (Fsp3) is 0.579. The molecule has 0 saturated carbocycles. The van der Waals surface area contributed by atoms with Crippen molar-refractivity contribution in [1.29, 1.82) is 0 Å². The third kappa shape index (κ3) is 5.77. The summed E-state index contributed by atoms with van der Waals surface area (Å²) in [4.78, 5) is 23.9. The Bertz CT molecular complexity index is 752. The van der Waals surface area contributed by atoms with Crippen molar-refractivity contribution in [3.8, 4) is 0 Å². The lowest BCUT2D eigenvalue weighted by atomic mass is 10.0. The number of sulfonamides is 1. The minimum Gasteiger partial charge on any atom is -0.344 e. The maximum absolute atomic E-state index is 12.8. The van der Waals surface area contributed by atoms with Crippen molar-refractivity contribution in [1.82, 2.24) is 9.62 Å². The molecule has 1 heterocycles. The van der Waals surface area contributed by atoms with E-state index in [2.05, 4.69) is 10.6 Å². The van der Waals surface area contributed by atoms with E-state index in [0.29, 0.717) is 18.8 Å². The fourth-order valence-electron chi connectivity index (χ4n) is 3.12. The van der Waals surface area contributed by atoms with Crippen molar-refractivity contribution in [2.24, 2.45) is 5.92 Å². The number of nitrogens with zero attached hydrogens (tertiary/aromatic N) is 1. The molecule has 1 saturated heterocycles. The summed E-state index contributed by atoms with van der Waals surface area (Å²) in [7, 11) is -3.51. The smallest absolute Gasteiger partial charge is 0.247 e. The third-order valence-electron chi connectivity index (χ3n) is 4.63.